The molecular formula is C13H20N2O. The molecule has 1 aromatic heterocycles. The molecule has 0 radical (unpaired) electrons. The quantitative estimate of drug-likeness (QED) is 0.564. The fourth-order valence-corrected chi connectivity index (χ4v) is 1.23. The molecule has 0 aliphatic heterocycles. The van der Waals surface area contributed by atoms with Gasteiger partial charge in [-0.05, 0) is 25.5 Å². The average Bonchev–Trinajstić information content (AvgIpc) is 2.25. The second kappa shape index (κ2) is 7.14. The number of nitrogens with zero attached hydrogens (tertiary/aromatic N) is 1. The molecule has 0 amide bonds. The molecule has 16 heavy (non-hydrogen) atoms. The number of rotatable bonds is 7. The lowest BCUT2D eigenvalue weighted by atomic mass is 10.2. The normalized spacial score (nSPS) is 10.4. The number of aromatic nitrogens is 1. The fourth-order valence-electron chi connectivity index (χ4n) is 1.23. The largest absolute Gasteiger partial charge is 0.376 e. The van der Waals surface area contributed by atoms with Crippen molar-refractivity contribution in [2.24, 2.45) is 0 Å². The molecule has 1 rings (SSSR count). The summed E-state index contributed by atoms with van der Waals surface area (Å²) >= 11 is 0. The van der Waals surface area contributed by atoms with E-state index in [1.54, 1.807) is 0 Å². The number of hydrogen-bond donors (Lipinski definition) is 1. The van der Waals surface area contributed by atoms with Crippen LogP contribution in [0.1, 0.15) is 18.2 Å². The molecular weight excluding hydrogens is 200 g/mol. The van der Waals surface area contributed by atoms with Crippen LogP contribution in [0.2, 0.25) is 0 Å². The van der Waals surface area contributed by atoms with Crippen molar-refractivity contribution in [3.05, 3.63) is 41.7 Å². The zero-order chi connectivity index (χ0) is 11.8. The van der Waals surface area contributed by atoms with Crippen molar-refractivity contribution in [3.8, 4) is 0 Å². The van der Waals surface area contributed by atoms with Crippen LogP contribution in [0.5, 0.6) is 0 Å². The van der Waals surface area contributed by atoms with Crippen LogP contribution >= 0.6 is 0 Å². The zero-order valence-electron chi connectivity index (χ0n) is 10.1. The number of aryl methyl sites for hydroxylation is 1. The molecule has 1 heterocycles. The summed E-state index contributed by atoms with van der Waals surface area (Å²) in [5.41, 5.74) is 3.31. The Balaban J connectivity index is 2.07. The second-order valence-corrected chi connectivity index (χ2v) is 3.99. The van der Waals surface area contributed by atoms with E-state index in [0.29, 0.717) is 13.2 Å². The number of pyridine rings is 1. The first-order chi connectivity index (χ1) is 7.68. The van der Waals surface area contributed by atoms with E-state index in [1.807, 2.05) is 26.1 Å². The molecule has 0 aliphatic carbocycles. The van der Waals surface area contributed by atoms with E-state index in [4.69, 9.17) is 4.74 Å². The second-order valence-electron chi connectivity index (χ2n) is 3.99. The Kier molecular flexibility index (Phi) is 5.75. The van der Waals surface area contributed by atoms with E-state index in [1.165, 1.54) is 5.56 Å². The lowest BCUT2D eigenvalue weighted by Gasteiger charge is -2.06. The van der Waals surface area contributed by atoms with Crippen LogP contribution in [-0.4, -0.2) is 24.7 Å². The molecule has 0 saturated heterocycles. The molecule has 0 spiro atoms. The summed E-state index contributed by atoms with van der Waals surface area (Å²) in [4.78, 5) is 4.23. The van der Waals surface area contributed by atoms with E-state index < -0.39 is 0 Å². The molecule has 0 aromatic carbocycles. The van der Waals surface area contributed by atoms with Crippen LogP contribution in [0.15, 0.2) is 30.5 Å². The smallest absolute Gasteiger partial charge is 0.0672 e. The predicted molar refractivity (Wildman–Crippen MR) is 66.3 cm³/mol. The van der Waals surface area contributed by atoms with Crippen LogP contribution < -0.4 is 5.32 Å². The van der Waals surface area contributed by atoms with Gasteiger partial charge in [0, 0.05) is 25.0 Å². The predicted octanol–water partition coefficient (Wildman–Crippen LogP) is 2.07. The highest BCUT2D eigenvalue weighted by Gasteiger charge is 1.93. The standard InChI is InChI=1S/C13H20N2O/c1-11(2)10-16-7-6-14-8-13-5-4-12(3)15-9-13/h4-5,9,14H,1,6-8,10H2,2-3H3. The summed E-state index contributed by atoms with van der Waals surface area (Å²) in [6.45, 7) is 10.8. The van der Waals surface area contributed by atoms with Crippen LogP contribution in [0, 0.1) is 6.92 Å². The molecule has 1 aromatic rings. The van der Waals surface area contributed by atoms with Gasteiger partial charge in [0.05, 0.1) is 13.2 Å². The maximum Gasteiger partial charge on any atom is 0.0672 e. The third-order valence-corrected chi connectivity index (χ3v) is 2.07. The Morgan fingerprint density at radius 2 is 2.31 bits per heavy atom. The molecule has 0 saturated carbocycles. The van der Waals surface area contributed by atoms with Gasteiger partial charge in [-0.3, -0.25) is 4.98 Å². The van der Waals surface area contributed by atoms with Gasteiger partial charge in [-0.1, -0.05) is 18.2 Å². The van der Waals surface area contributed by atoms with Crippen molar-refractivity contribution < 1.29 is 4.74 Å². The summed E-state index contributed by atoms with van der Waals surface area (Å²) in [6, 6.07) is 4.11. The Hall–Kier alpha value is -1.19. The molecule has 88 valence electrons. The highest BCUT2D eigenvalue weighted by molar-refractivity contribution is 5.12. The number of nitrogens with one attached hydrogen (secondary N) is 1. The molecule has 3 nitrogen and oxygen atoms in total. The van der Waals surface area contributed by atoms with Gasteiger partial charge in [0.2, 0.25) is 0 Å². The van der Waals surface area contributed by atoms with Crippen molar-refractivity contribution >= 4 is 0 Å². The minimum absolute atomic E-state index is 0.647. The van der Waals surface area contributed by atoms with Crippen molar-refractivity contribution in [1.82, 2.24) is 10.3 Å². The Morgan fingerprint density at radius 1 is 1.50 bits per heavy atom. The molecule has 0 atom stereocenters. The first-order valence-electron chi connectivity index (χ1n) is 5.53. The van der Waals surface area contributed by atoms with Crippen molar-refractivity contribution in [2.45, 2.75) is 20.4 Å². The third-order valence-electron chi connectivity index (χ3n) is 2.07. The number of hydrogen-bond acceptors (Lipinski definition) is 3. The van der Waals surface area contributed by atoms with Gasteiger partial charge in [-0.15, -0.1) is 0 Å². The molecule has 0 unspecified atom stereocenters. The van der Waals surface area contributed by atoms with Gasteiger partial charge in [0.25, 0.3) is 0 Å². The minimum atomic E-state index is 0.647. The summed E-state index contributed by atoms with van der Waals surface area (Å²) < 4.78 is 5.37. The maximum absolute atomic E-state index is 5.37. The average molecular weight is 220 g/mol. The van der Waals surface area contributed by atoms with Crippen molar-refractivity contribution in [1.29, 1.82) is 0 Å². The summed E-state index contributed by atoms with van der Waals surface area (Å²) in [6.07, 6.45) is 1.90. The highest BCUT2D eigenvalue weighted by Crippen LogP contribution is 1.98. The summed E-state index contributed by atoms with van der Waals surface area (Å²) in [5, 5.41) is 3.30. The van der Waals surface area contributed by atoms with Crippen molar-refractivity contribution in [2.75, 3.05) is 19.8 Å². The topological polar surface area (TPSA) is 34.1 Å². The molecule has 0 fully saturated rings. The lowest BCUT2D eigenvalue weighted by Crippen LogP contribution is -2.19. The van der Waals surface area contributed by atoms with E-state index in [0.717, 1.165) is 24.4 Å². The van der Waals surface area contributed by atoms with Gasteiger partial charge in [-0.25, -0.2) is 0 Å². The number of ether oxygens (including phenoxy) is 1. The van der Waals surface area contributed by atoms with Gasteiger partial charge in [0.1, 0.15) is 0 Å². The van der Waals surface area contributed by atoms with Crippen molar-refractivity contribution in [3.63, 3.8) is 0 Å². The Bertz CT molecular complexity index is 319. The zero-order valence-corrected chi connectivity index (χ0v) is 10.1. The summed E-state index contributed by atoms with van der Waals surface area (Å²) in [7, 11) is 0. The molecule has 0 aliphatic rings. The minimum Gasteiger partial charge on any atom is -0.376 e. The van der Waals surface area contributed by atoms with Gasteiger partial charge in [0.15, 0.2) is 0 Å². The van der Waals surface area contributed by atoms with Gasteiger partial charge >= 0.3 is 0 Å². The molecule has 0 bridgehead atoms. The van der Waals surface area contributed by atoms with Gasteiger partial charge in [-0.2, -0.15) is 0 Å². The van der Waals surface area contributed by atoms with E-state index in [-0.39, 0.29) is 0 Å². The Labute approximate surface area is 97.5 Å². The fraction of sp³-hybridized carbons (Fsp3) is 0.462. The highest BCUT2D eigenvalue weighted by atomic mass is 16.5. The SMILES string of the molecule is C=C(C)COCCNCc1ccc(C)nc1. The van der Waals surface area contributed by atoms with Crippen LogP contribution in [-0.2, 0) is 11.3 Å². The molecule has 1 N–H and O–H groups in total. The lowest BCUT2D eigenvalue weighted by molar-refractivity contribution is 0.158. The van der Waals surface area contributed by atoms with E-state index in [2.05, 4.69) is 22.9 Å². The molecule has 3 heteroatoms. The van der Waals surface area contributed by atoms with Crippen LogP contribution in [0.4, 0.5) is 0 Å². The third kappa shape index (κ3) is 5.63. The maximum atomic E-state index is 5.37. The van der Waals surface area contributed by atoms with E-state index >= 15 is 0 Å². The van der Waals surface area contributed by atoms with Gasteiger partial charge < -0.3 is 10.1 Å². The monoisotopic (exact) mass is 220 g/mol. The van der Waals surface area contributed by atoms with Crippen LogP contribution in [0.3, 0.4) is 0 Å². The first kappa shape index (κ1) is 12.9. The summed E-state index contributed by atoms with van der Waals surface area (Å²) in [5.74, 6) is 0. The van der Waals surface area contributed by atoms with E-state index in [9.17, 15) is 0 Å². The first-order valence-corrected chi connectivity index (χ1v) is 5.53. The Morgan fingerprint density at radius 3 is 2.94 bits per heavy atom. The van der Waals surface area contributed by atoms with Crippen LogP contribution in [0.25, 0.3) is 0 Å².